The molecule has 1 aliphatic carbocycles. The van der Waals surface area contributed by atoms with Crippen LogP contribution in [0.2, 0.25) is 0 Å². The van der Waals surface area contributed by atoms with Crippen LogP contribution in [0, 0.1) is 0 Å². The van der Waals surface area contributed by atoms with Crippen molar-refractivity contribution in [1.29, 1.82) is 0 Å². The third kappa shape index (κ3) is 7.44. The van der Waals surface area contributed by atoms with Crippen molar-refractivity contribution in [2.24, 2.45) is 4.99 Å². The third-order valence-corrected chi connectivity index (χ3v) is 6.86. The second-order valence-corrected chi connectivity index (χ2v) is 9.15. The second-order valence-electron chi connectivity index (χ2n) is 7.98. The van der Waals surface area contributed by atoms with E-state index >= 15 is 0 Å². The number of unbranched alkanes of at least 4 members (excludes halogenated alkanes) is 2. The van der Waals surface area contributed by atoms with E-state index in [-0.39, 0.29) is 24.0 Å². The number of thiazole rings is 1. The molecule has 1 aromatic heterocycles. The first-order valence-electron chi connectivity index (χ1n) is 10.9. The highest BCUT2D eigenvalue weighted by Gasteiger charge is 2.16. The molecule has 7 heteroatoms. The van der Waals surface area contributed by atoms with Crippen LogP contribution in [0.5, 0.6) is 0 Å². The highest BCUT2D eigenvalue weighted by molar-refractivity contribution is 14.0. The average Bonchev–Trinajstić information content (AvgIpc) is 3.10. The first kappa shape index (κ1) is 23.9. The van der Waals surface area contributed by atoms with Gasteiger partial charge in [0, 0.05) is 25.5 Å². The molecular formula is C21H38IN5S. The lowest BCUT2D eigenvalue weighted by Crippen LogP contribution is -2.38. The van der Waals surface area contributed by atoms with Gasteiger partial charge in [0.2, 0.25) is 0 Å². The molecule has 2 heterocycles. The van der Waals surface area contributed by atoms with Gasteiger partial charge in [-0.1, -0.05) is 12.8 Å². The van der Waals surface area contributed by atoms with Gasteiger partial charge in [-0.05, 0) is 71.0 Å². The summed E-state index contributed by atoms with van der Waals surface area (Å²) in [6.45, 7) is 5.77. The zero-order valence-electron chi connectivity index (χ0n) is 17.7. The largest absolute Gasteiger partial charge is 0.356 e. The van der Waals surface area contributed by atoms with Crippen molar-refractivity contribution in [3.05, 3.63) is 15.6 Å². The maximum Gasteiger partial charge on any atom is 0.193 e. The van der Waals surface area contributed by atoms with Crippen molar-refractivity contribution in [2.45, 2.75) is 70.8 Å². The zero-order valence-corrected chi connectivity index (χ0v) is 20.9. The second kappa shape index (κ2) is 13.0. The number of hydrogen-bond donors (Lipinski definition) is 1. The van der Waals surface area contributed by atoms with E-state index in [0.29, 0.717) is 0 Å². The maximum absolute atomic E-state index is 4.86. The Morgan fingerprint density at radius 3 is 2.64 bits per heavy atom. The number of hydrogen-bond acceptors (Lipinski definition) is 4. The van der Waals surface area contributed by atoms with Crippen molar-refractivity contribution < 1.29 is 0 Å². The quantitative estimate of drug-likeness (QED) is 0.241. The van der Waals surface area contributed by atoms with Gasteiger partial charge in [0.15, 0.2) is 5.96 Å². The number of aromatic nitrogens is 1. The van der Waals surface area contributed by atoms with Gasteiger partial charge < -0.3 is 15.1 Å². The van der Waals surface area contributed by atoms with E-state index in [0.717, 1.165) is 19.0 Å². The minimum Gasteiger partial charge on any atom is -0.356 e. The Balaban J connectivity index is 0.00000280. The predicted octanol–water partition coefficient (Wildman–Crippen LogP) is 4.30. The Morgan fingerprint density at radius 1 is 1.11 bits per heavy atom. The summed E-state index contributed by atoms with van der Waals surface area (Å²) in [7, 11) is 3.99. The standard InChI is InChI=1S/C21H37N5S.HI/c1-22-21(23-13-7-3-8-14-26-15-9-4-10-16-26)25(2)17-20-24-18-11-5-6-12-19(18)27-20;/h3-17H2,1-2H3,(H,22,23);1H. The average molecular weight is 520 g/mol. The Morgan fingerprint density at radius 2 is 1.89 bits per heavy atom. The van der Waals surface area contributed by atoms with E-state index in [4.69, 9.17) is 4.98 Å². The van der Waals surface area contributed by atoms with Crippen molar-refractivity contribution in [2.75, 3.05) is 40.3 Å². The minimum atomic E-state index is 0. The lowest BCUT2D eigenvalue weighted by Gasteiger charge is -2.26. The molecule has 0 bridgehead atoms. The number of fused-ring (bicyclic) bond motifs is 1. The molecule has 1 saturated heterocycles. The van der Waals surface area contributed by atoms with Crippen molar-refractivity contribution in [1.82, 2.24) is 20.1 Å². The number of aliphatic imine (C=N–C) groups is 1. The van der Waals surface area contributed by atoms with E-state index in [1.165, 1.54) is 99.4 Å². The number of aryl methyl sites for hydroxylation is 2. The Hall–Kier alpha value is -0.410. The number of piperidine rings is 1. The van der Waals surface area contributed by atoms with Gasteiger partial charge in [-0.2, -0.15) is 0 Å². The van der Waals surface area contributed by atoms with Gasteiger partial charge in [-0.15, -0.1) is 35.3 Å². The van der Waals surface area contributed by atoms with Crippen LogP contribution >= 0.6 is 35.3 Å². The van der Waals surface area contributed by atoms with Gasteiger partial charge in [-0.25, -0.2) is 4.98 Å². The number of rotatable bonds is 8. The molecule has 0 aromatic carbocycles. The molecule has 0 radical (unpaired) electrons. The first-order chi connectivity index (χ1) is 13.3. The van der Waals surface area contributed by atoms with E-state index in [2.05, 4.69) is 27.2 Å². The fraction of sp³-hybridized carbons (Fsp3) is 0.810. The van der Waals surface area contributed by atoms with Gasteiger partial charge in [0.05, 0.1) is 12.2 Å². The highest BCUT2D eigenvalue weighted by atomic mass is 127. The molecule has 1 fully saturated rings. The smallest absolute Gasteiger partial charge is 0.193 e. The summed E-state index contributed by atoms with van der Waals surface area (Å²) >= 11 is 1.90. The molecular weight excluding hydrogens is 481 g/mol. The fourth-order valence-electron chi connectivity index (χ4n) is 4.16. The molecule has 1 N–H and O–H groups in total. The molecule has 0 unspecified atom stereocenters. The van der Waals surface area contributed by atoms with Crippen LogP contribution in [0.15, 0.2) is 4.99 Å². The maximum atomic E-state index is 4.86. The lowest BCUT2D eigenvalue weighted by atomic mass is 10.0. The van der Waals surface area contributed by atoms with E-state index in [1.54, 1.807) is 0 Å². The molecule has 0 saturated carbocycles. The van der Waals surface area contributed by atoms with Gasteiger partial charge in [0.25, 0.3) is 0 Å². The van der Waals surface area contributed by atoms with Crippen molar-refractivity contribution in [3.8, 4) is 0 Å². The number of guanidine groups is 1. The van der Waals surface area contributed by atoms with Gasteiger partial charge >= 0.3 is 0 Å². The molecule has 3 rings (SSSR count). The fourth-order valence-corrected chi connectivity index (χ4v) is 5.37. The highest BCUT2D eigenvalue weighted by Crippen LogP contribution is 2.27. The summed E-state index contributed by atoms with van der Waals surface area (Å²) < 4.78 is 0. The molecule has 160 valence electrons. The summed E-state index contributed by atoms with van der Waals surface area (Å²) in [6.07, 6.45) is 13.1. The number of nitrogens with zero attached hydrogens (tertiary/aromatic N) is 4. The topological polar surface area (TPSA) is 43.8 Å². The van der Waals surface area contributed by atoms with E-state index in [1.807, 2.05) is 18.4 Å². The van der Waals surface area contributed by atoms with Crippen LogP contribution in [-0.4, -0.2) is 61.0 Å². The van der Waals surface area contributed by atoms with Gasteiger partial charge in [0.1, 0.15) is 5.01 Å². The predicted molar refractivity (Wildman–Crippen MR) is 131 cm³/mol. The summed E-state index contributed by atoms with van der Waals surface area (Å²) in [5.41, 5.74) is 1.35. The number of likely N-dealkylation sites (tertiary alicyclic amines) is 1. The molecule has 5 nitrogen and oxygen atoms in total. The van der Waals surface area contributed by atoms with Crippen molar-refractivity contribution in [3.63, 3.8) is 0 Å². The van der Waals surface area contributed by atoms with Crippen LogP contribution in [0.3, 0.4) is 0 Å². The third-order valence-electron chi connectivity index (χ3n) is 5.72. The summed E-state index contributed by atoms with van der Waals surface area (Å²) in [5.74, 6) is 0.985. The SMILES string of the molecule is CN=C(NCCCCCN1CCCCC1)N(C)Cc1nc2c(s1)CCCC2.I. The van der Waals surface area contributed by atoms with E-state index < -0.39 is 0 Å². The van der Waals surface area contributed by atoms with Crippen molar-refractivity contribution >= 4 is 41.3 Å². The molecule has 0 amide bonds. The minimum absolute atomic E-state index is 0. The zero-order chi connectivity index (χ0) is 18.9. The van der Waals surface area contributed by atoms with Gasteiger partial charge in [-0.3, -0.25) is 4.99 Å². The Bertz CT molecular complexity index is 574. The summed E-state index contributed by atoms with van der Waals surface area (Å²) in [4.78, 5) is 15.7. The molecule has 28 heavy (non-hydrogen) atoms. The molecule has 1 aromatic rings. The first-order valence-corrected chi connectivity index (χ1v) is 11.7. The van der Waals surface area contributed by atoms with Crippen LogP contribution in [0.25, 0.3) is 0 Å². The van der Waals surface area contributed by atoms with E-state index in [9.17, 15) is 0 Å². The summed E-state index contributed by atoms with van der Waals surface area (Å²) in [6, 6.07) is 0. The normalized spacial score (nSPS) is 17.7. The van der Waals surface area contributed by atoms with Crippen LogP contribution in [-0.2, 0) is 19.4 Å². The molecule has 1 aliphatic heterocycles. The van der Waals surface area contributed by atoms with Crippen LogP contribution < -0.4 is 5.32 Å². The number of halogens is 1. The van der Waals surface area contributed by atoms with Crippen LogP contribution in [0.1, 0.15) is 66.9 Å². The monoisotopic (exact) mass is 519 g/mol. The molecule has 0 spiro atoms. The Kier molecular flexibility index (Phi) is 11.1. The molecule has 0 atom stereocenters. The summed E-state index contributed by atoms with van der Waals surface area (Å²) in [5, 5.41) is 4.76. The van der Waals surface area contributed by atoms with Crippen LogP contribution in [0.4, 0.5) is 0 Å². The molecule has 2 aliphatic rings. The number of nitrogens with one attached hydrogen (secondary N) is 1. The lowest BCUT2D eigenvalue weighted by molar-refractivity contribution is 0.224. The Labute approximate surface area is 192 Å².